The highest BCUT2D eigenvalue weighted by Crippen LogP contribution is 2.21. The van der Waals surface area contributed by atoms with Crippen LogP contribution in [0.5, 0.6) is 0 Å². The Kier molecular flexibility index (Phi) is 6.44. The predicted octanol–water partition coefficient (Wildman–Crippen LogP) is 2.21. The lowest BCUT2D eigenvalue weighted by Crippen LogP contribution is -2.32. The molecule has 0 fully saturated rings. The molecule has 1 amide bonds. The maximum atomic E-state index is 11.8. The quantitative estimate of drug-likeness (QED) is 0.726. The largest absolute Gasteiger partial charge is 0.355 e. The highest BCUT2D eigenvalue weighted by molar-refractivity contribution is 5.76. The molecule has 2 N–H and O–H groups in total. The van der Waals surface area contributed by atoms with Crippen molar-refractivity contribution in [3.8, 4) is 0 Å². The summed E-state index contributed by atoms with van der Waals surface area (Å²) in [6, 6.07) is 8.25. The first kappa shape index (κ1) is 14.7. The first-order valence-electron chi connectivity index (χ1n) is 6.68. The van der Waals surface area contributed by atoms with Crippen molar-refractivity contribution in [3.63, 3.8) is 0 Å². The lowest BCUT2D eigenvalue weighted by molar-refractivity contribution is -0.121. The van der Waals surface area contributed by atoms with Gasteiger partial charge < -0.3 is 10.6 Å². The molecule has 0 heterocycles. The Morgan fingerprint density at radius 1 is 1.28 bits per heavy atom. The van der Waals surface area contributed by atoms with Crippen LogP contribution in [-0.2, 0) is 4.79 Å². The van der Waals surface area contributed by atoms with E-state index in [0.29, 0.717) is 13.0 Å². The van der Waals surface area contributed by atoms with Gasteiger partial charge in [0.05, 0.1) is 0 Å². The molecular formula is C15H24N2O. The summed E-state index contributed by atoms with van der Waals surface area (Å²) in [5.74, 6) is 0.397. The molecule has 0 saturated carbocycles. The van der Waals surface area contributed by atoms with E-state index >= 15 is 0 Å². The third-order valence-corrected chi connectivity index (χ3v) is 3.08. The predicted molar refractivity (Wildman–Crippen MR) is 75.8 cm³/mol. The monoisotopic (exact) mass is 248 g/mol. The van der Waals surface area contributed by atoms with Gasteiger partial charge in [0.15, 0.2) is 0 Å². The van der Waals surface area contributed by atoms with E-state index in [1.807, 2.05) is 12.1 Å². The molecule has 0 aliphatic rings. The number of carbonyl (C=O) groups excluding carboxylic acids is 1. The van der Waals surface area contributed by atoms with Crippen LogP contribution in [0.3, 0.4) is 0 Å². The molecule has 1 aromatic rings. The van der Waals surface area contributed by atoms with Gasteiger partial charge in [-0.2, -0.15) is 0 Å². The second kappa shape index (κ2) is 7.88. The number of likely N-dealkylation sites (N-methyl/N-ethyl adjacent to an activating group) is 1. The summed E-state index contributed by atoms with van der Waals surface area (Å²) in [6.07, 6.45) is 0.553. The van der Waals surface area contributed by atoms with Crippen molar-refractivity contribution in [3.05, 3.63) is 35.4 Å². The van der Waals surface area contributed by atoms with Crippen LogP contribution in [0.15, 0.2) is 24.3 Å². The summed E-state index contributed by atoms with van der Waals surface area (Å²) in [5, 5.41) is 6.12. The summed E-state index contributed by atoms with van der Waals surface area (Å²) in [6.45, 7) is 8.73. The molecule has 18 heavy (non-hydrogen) atoms. The fourth-order valence-corrected chi connectivity index (χ4v) is 2.07. The van der Waals surface area contributed by atoms with Crippen molar-refractivity contribution in [2.75, 3.05) is 19.6 Å². The minimum absolute atomic E-state index is 0.128. The number of carbonyl (C=O) groups is 1. The van der Waals surface area contributed by atoms with E-state index in [1.165, 1.54) is 11.1 Å². The lowest BCUT2D eigenvalue weighted by atomic mass is 9.93. The Morgan fingerprint density at radius 2 is 2.00 bits per heavy atom. The number of aryl methyl sites for hydroxylation is 1. The summed E-state index contributed by atoms with van der Waals surface area (Å²) >= 11 is 0. The normalized spacial score (nSPS) is 12.2. The summed E-state index contributed by atoms with van der Waals surface area (Å²) in [7, 11) is 0. The van der Waals surface area contributed by atoms with Gasteiger partial charge in [-0.25, -0.2) is 0 Å². The Labute approximate surface area is 110 Å². The number of hydrogen-bond donors (Lipinski definition) is 2. The standard InChI is InChI=1S/C15H24N2O/c1-4-16-9-10-17-15(18)11-13(3)14-8-6-5-7-12(14)2/h5-8,13,16H,4,9-11H2,1-3H3,(H,17,18). The van der Waals surface area contributed by atoms with Gasteiger partial charge in [0.25, 0.3) is 0 Å². The van der Waals surface area contributed by atoms with Crippen LogP contribution in [0.4, 0.5) is 0 Å². The SMILES string of the molecule is CCNCCNC(=O)CC(C)c1ccccc1C. The Morgan fingerprint density at radius 3 is 2.67 bits per heavy atom. The first-order chi connectivity index (χ1) is 8.65. The second-order valence-corrected chi connectivity index (χ2v) is 4.67. The van der Waals surface area contributed by atoms with Crippen molar-refractivity contribution in [2.24, 2.45) is 0 Å². The second-order valence-electron chi connectivity index (χ2n) is 4.67. The number of rotatable bonds is 7. The van der Waals surface area contributed by atoms with Crippen LogP contribution in [0.25, 0.3) is 0 Å². The van der Waals surface area contributed by atoms with Gasteiger partial charge in [-0.1, -0.05) is 38.1 Å². The number of benzene rings is 1. The van der Waals surface area contributed by atoms with E-state index in [0.717, 1.165) is 13.1 Å². The number of nitrogens with one attached hydrogen (secondary N) is 2. The minimum Gasteiger partial charge on any atom is -0.355 e. The van der Waals surface area contributed by atoms with Crippen molar-refractivity contribution in [1.29, 1.82) is 0 Å². The van der Waals surface area contributed by atoms with Gasteiger partial charge >= 0.3 is 0 Å². The van der Waals surface area contributed by atoms with Gasteiger partial charge in [-0.05, 0) is 30.5 Å². The average Bonchev–Trinajstić information content (AvgIpc) is 2.35. The maximum absolute atomic E-state index is 11.8. The molecule has 0 aliphatic heterocycles. The summed E-state index contributed by atoms with van der Waals surface area (Å²) < 4.78 is 0. The topological polar surface area (TPSA) is 41.1 Å². The van der Waals surface area contributed by atoms with Gasteiger partial charge in [0, 0.05) is 19.5 Å². The minimum atomic E-state index is 0.128. The third kappa shape index (κ3) is 4.88. The van der Waals surface area contributed by atoms with Crippen LogP contribution in [-0.4, -0.2) is 25.5 Å². The van der Waals surface area contributed by atoms with Gasteiger partial charge in [0.1, 0.15) is 0 Å². The van der Waals surface area contributed by atoms with Crippen LogP contribution in [0.1, 0.15) is 37.3 Å². The molecular weight excluding hydrogens is 224 g/mol. The molecule has 0 bridgehead atoms. The molecule has 1 unspecified atom stereocenters. The zero-order valence-corrected chi connectivity index (χ0v) is 11.6. The van der Waals surface area contributed by atoms with Crippen molar-refractivity contribution in [2.45, 2.75) is 33.1 Å². The highest BCUT2D eigenvalue weighted by Gasteiger charge is 2.12. The van der Waals surface area contributed by atoms with Gasteiger partial charge in [-0.15, -0.1) is 0 Å². The Bertz CT molecular complexity index is 377. The van der Waals surface area contributed by atoms with E-state index in [2.05, 4.69) is 43.5 Å². The fraction of sp³-hybridized carbons (Fsp3) is 0.533. The molecule has 3 nitrogen and oxygen atoms in total. The van der Waals surface area contributed by atoms with E-state index in [9.17, 15) is 4.79 Å². The molecule has 0 saturated heterocycles. The highest BCUT2D eigenvalue weighted by atomic mass is 16.1. The summed E-state index contributed by atoms with van der Waals surface area (Å²) in [5.41, 5.74) is 2.52. The molecule has 0 aliphatic carbocycles. The molecule has 0 radical (unpaired) electrons. The zero-order chi connectivity index (χ0) is 13.4. The third-order valence-electron chi connectivity index (χ3n) is 3.08. The molecule has 0 aromatic heterocycles. The van der Waals surface area contributed by atoms with E-state index < -0.39 is 0 Å². The molecule has 1 aromatic carbocycles. The molecule has 0 spiro atoms. The molecule has 1 atom stereocenters. The van der Waals surface area contributed by atoms with Crippen LogP contribution in [0.2, 0.25) is 0 Å². The van der Waals surface area contributed by atoms with Crippen molar-refractivity contribution in [1.82, 2.24) is 10.6 Å². The lowest BCUT2D eigenvalue weighted by Gasteiger charge is -2.14. The number of hydrogen-bond acceptors (Lipinski definition) is 2. The van der Waals surface area contributed by atoms with Crippen molar-refractivity contribution >= 4 is 5.91 Å². The molecule has 1 rings (SSSR count). The van der Waals surface area contributed by atoms with Crippen LogP contribution >= 0.6 is 0 Å². The average molecular weight is 248 g/mol. The molecule has 3 heteroatoms. The van der Waals surface area contributed by atoms with Gasteiger partial charge in [-0.3, -0.25) is 4.79 Å². The van der Waals surface area contributed by atoms with E-state index in [-0.39, 0.29) is 11.8 Å². The van der Waals surface area contributed by atoms with Crippen LogP contribution < -0.4 is 10.6 Å². The van der Waals surface area contributed by atoms with Gasteiger partial charge in [0.2, 0.25) is 5.91 Å². The Hall–Kier alpha value is -1.35. The maximum Gasteiger partial charge on any atom is 0.220 e. The first-order valence-corrected chi connectivity index (χ1v) is 6.68. The van der Waals surface area contributed by atoms with E-state index in [1.54, 1.807) is 0 Å². The molecule has 100 valence electrons. The zero-order valence-electron chi connectivity index (χ0n) is 11.6. The van der Waals surface area contributed by atoms with Crippen molar-refractivity contribution < 1.29 is 4.79 Å². The fourth-order valence-electron chi connectivity index (χ4n) is 2.07. The van der Waals surface area contributed by atoms with E-state index in [4.69, 9.17) is 0 Å². The smallest absolute Gasteiger partial charge is 0.220 e. The Balaban J connectivity index is 2.38. The van der Waals surface area contributed by atoms with Crippen LogP contribution in [0, 0.1) is 6.92 Å². The number of amides is 1. The summed E-state index contributed by atoms with van der Waals surface area (Å²) in [4.78, 5) is 11.8.